The van der Waals surface area contributed by atoms with Crippen LogP contribution in [0.3, 0.4) is 0 Å². The number of nitrogens with two attached hydrogens (primary N) is 1. The third-order valence-corrected chi connectivity index (χ3v) is 7.17. The van der Waals surface area contributed by atoms with Crippen molar-refractivity contribution < 1.29 is 21.6 Å². The van der Waals surface area contributed by atoms with Crippen LogP contribution in [0.4, 0.5) is 5.13 Å². The van der Waals surface area contributed by atoms with Gasteiger partial charge in [0.25, 0.3) is 15.9 Å². The Hall–Kier alpha value is -2.80. The van der Waals surface area contributed by atoms with E-state index in [4.69, 9.17) is 5.14 Å². The van der Waals surface area contributed by atoms with Crippen LogP contribution >= 0.6 is 11.3 Å². The minimum Gasteiger partial charge on any atom is -0.347 e. The number of aromatic nitrogens is 1. The van der Waals surface area contributed by atoms with Crippen LogP contribution in [0.5, 0.6) is 0 Å². The van der Waals surface area contributed by atoms with Crippen LogP contribution in [0.2, 0.25) is 0 Å². The molecule has 30 heavy (non-hydrogen) atoms. The first-order chi connectivity index (χ1) is 14.0. The second-order valence-electron chi connectivity index (χ2n) is 6.33. The second-order valence-corrected chi connectivity index (χ2v) is 10.4. The summed E-state index contributed by atoms with van der Waals surface area (Å²) in [5.74, 6) is -0.498. The van der Waals surface area contributed by atoms with Gasteiger partial charge in [0, 0.05) is 11.9 Å². The van der Waals surface area contributed by atoms with Crippen molar-refractivity contribution in [1.82, 2.24) is 10.3 Å². The molecule has 4 N–H and O–H groups in total. The number of primary sulfonamides is 1. The monoisotopic (exact) mass is 466 g/mol. The van der Waals surface area contributed by atoms with Crippen molar-refractivity contribution in [2.45, 2.75) is 23.3 Å². The Morgan fingerprint density at radius 3 is 2.20 bits per heavy atom. The molecule has 0 radical (unpaired) electrons. The van der Waals surface area contributed by atoms with Gasteiger partial charge in [0.05, 0.1) is 9.79 Å². The molecule has 0 aliphatic rings. The average molecular weight is 467 g/mol. The molecular weight excluding hydrogens is 448 g/mol. The molecule has 3 aromatic rings. The fourth-order valence-corrected chi connectivity index (χ4v) is 4.84. The molecule has 1 heterocycles. The van der Waals surface area contributed by atoms with E-state index in [2.05, 4.69) is 15.0 Å². The zero-order chi connectivity index (χ0) is 21.9. The molecule has 2 aromatic carbocycles. The van der Waals surface area contributed by atoms with Crippen LogP contribution in [0.1, 0.15) is 21.6 Å². The summed E-state index contributed by atoms with van der Waals surface area (Å²) >= 11 is 0.986. The maximum atomic E-state index is 12.4. The largest absolute Gasteiger partial charge is 0.347 e. The highest BCUT2D eigenvalue weighted by atomic mass is 32.2. The van der Waals surface area contributed by atoms with Gasteiger partial charge in [0.1, 0.15) is 5.69 Å². The fourth-order valence-electron chi connectivity index (χ4n) is 2.39. The Balaban J connectivity index is 1.63. The molecule has 12 heteroatoms. The van der Waals surface area contributed by atoms with E-state index in [1.807, 2.05) is 6.92 Å². The van der Waals surface area contributed by atoms with E-state index in [0.717, 1.165) is 16.9 Å². The molecule has 0 fully saturated rings. The van der Waals surface area contributed by atoms with Crippen molar-refractivity contribution in [1.29, 1.82) is 0 Å². The lowest BCUT2D eigenvalue weighted by molar-refractivity contribution is 0.0946. The quantitative estimate of drug-likeness (QED) is 0.484. The summed E-state index contributed by atoms with van der Waals surface area (Å²) in [6.07, 6.45) is 0. The van der Waals surface area contributed by atoms with Crippen molar-refractivity contribution in [3.05, 3.63) is 70.7 Å². The van der Waals surface area contributed by atoms with Crippen LogP contribution in [-0.2, 0) is 26.6 Å². The summed E-state index contributed by atoms with van der Waals surface area (Å²) in [5, 5.41) is 9.18. The number of thiazole rings is 1. The molecular formula is C18H18N4O5S3. The van der Waals surface area contributed by atoms with Crippen molar-refractivity contribution in [3.8, 4) is 0 Å². The van der Waals surface area contributed by atoms with Gasteiger partial charge in [0.2, 0.25) is 10.0 Å². The van der Waals surface area contributed by atoms with E-state index in [0.29, 0.717) is 5.56 Å². The van der Waals surface area contributed by atoms with Crippen LogP contribution < -0.4 is 15.2 Å². The lowest BCUT2D eigenvalue weighted by Crippen LogP contribution is -2.23. The van der Waals surface area contributed by atoms with Gasteiger partial charge in [-0.25, -0.2) is 27.0 Å². The van der Waals surface area contributed by atoms with Gasteiger partial charge >= 0.3 is 0 Å². The van der Waals surface area contributed by atoms with Crippen molar-refractivity contribution in [3.63, 3.8) is 0 Å². The zero-order valence-electron chi connectivity index (χ0n) is 15.7. The normalized spacial score (nSPS) is 11.8. The topological polar surface area (TPSA) is 148 Å². The number of nitrogens with one attached hydrogen (secondary N) is 2. The minimum absolute atomic E-state index is 0.0254. The van der Waals surface area contributed by atoms with Crippen LogP contribution in [0.25, 0.3) is 0 Å². The number of carbonyl (C=O) groups excluding carboxylic acids is 1. The van der Waals surface area contributed by atoms with E-state index in [9.17, 15) is 21.6 Å². The number of hydrogen-bond donors (Lipinski definition) is 3. The summed E-state index contributed by atoms with van der Waals surface area (Å²) in [7, 11) is -7.59. The van der Waals surface area contributed by atoms with Crippen molar-refractivity contribution in [2.24, 2.45) is 5.14 Å². The molecule has 0 unspecified atom stereocenters. The highest BCUT2D eigenvalue weighted by molar-refractivity contribution is 7.93. The Morgan fingerprint density at radius 1 is 1.00 bits per heavy atom. The maximum Gasteiger partial charge on any atom is 0.271 e. The van der Waals surface area contributed by atoms with Crippen molar-refractivity contribution in [2.75, 3.05) is 4.72 Å². The van der Waals surface area contributed by atoms with Gasteiger partial charge in [-0.1, -0.05) is 29.8 Å². The second kappa shape index (κ2) is 8.52. The predicted octanol–water partition coefficient (Wildman–Crippen LogP) is 1.83. The molecule has 0 aliphatic heterocycles. The van der Waals surface area contributed by atoms with Gasteiger partial charge in [-0.3, -0.25) is 9.52 Å². The minimum atomic E-state index is -3.81. The van der Waals surface area contributed by atoms with E-state index in [1.165, 1.54) is 41.8 Å². The number of benzene rings is 2. The maximum absolute atomic E-state index is 12.4. The van der Waals surface area contributed by atoms with Gasteiger partial charge in [-0.15, -0.1) is 11.3 Å². The first-order valence-corrected chi connectivity index (χ1v) is 12.4. The summed E-state index contributed by atoms with van der Waals surface area (Å²) in [4.78, 5) is 16.4. The van der Waals surface area contributed by atoms with E-state index >= 15 is 0 Å². The van der Waals surface area contributed by atoms with Crippen LogP contribution in [0, 0.1) is 6.92 Å². The van der Waals surface area contributed by atoms with E-state index < -0.39 is 26.0 Å². The lowest BCUT2D eigenvalue weighted by Gasteiger charge is -2.06. The SMILES string of the molecule is Cc1ccc(S(=O)(=O)Nc2nc(C(=O)NCc3ccc(S(N)(=O)=O)cc3)cs2)cc1. The smallest absolute Gasteiger partial charge is 0.271 e. The van der Waals surface area contributed by atoms with Gasteiger partial charge in [-0.2, -0.15) is 0 Å². The molecule has 1 aromatic heterocycles. The third-order valence-electron chi connectivity index (χ3n) is 3.99. The summed E-state index contributed by atoms with van der Waals surface area (Å²) in [6, 6.07) is 12.1. The molecule has 1 amide bonds. The number of sulfonamides is 2. The number of nitrogens with zero attached hydrogens (tertiary/aromatic N) is 1. The Labute approximate surface area is 178 Å². The van der Waals surface area contributed by atoms with E-state index in [-0.39, 0.29) is 27.2 Å². The molecule has 158 valence electrons. The highest BCUT2D eigenvalue weighted by Crippen LogP contribution is 2.20. The molecule has 0 aliphatic carbocycles. The Kier molecular flexibility index (Phi) is 6.22. The number of hydrogen-bond acceptors (Lipinski definition) is 7. The van der Waals surface area contributed by atoms with Crippen molar-refractivity contribution >= 4 is 42.4 Å². The summed E-state index contributed by atoms with van der Waals surface area (Å²) < 4.78 is 49.7. The van der Waals surface area contributed by atoms with Gasteiger partial charge in [0.15, 0.2) is 5.13 Å². The fraction of sp³-hybridized carbons (Fsp3) is 0.111. The molecule has 0 bridgehead atoms. The summed E-state index contributed by atoms with van der Waals surface area (Å²) in [6.45, 7) is 1.98. The van der Waals surface area contributed by atoms with Crippen LogP contribution in [0.15, 0.2) is 63.7 Å². The first kappa shape index (κ1) is 21.9. The molecule has 3 rings (SSSR count). The van der Waals surface area contributed by atoms with Gasteiger partial charge < -0.3 is 5.32 Å². The predicted molar refractivity (Wildman–Crippen MR) is 113 cm³/mol. The average Bonchev–Trinajstić information content (AvgIpc) is 3.14. The summed E-state index contributed by atoms with van der Waals surface area (Å²) in [5.41, 5.74) is 1.65. The first-order valence-electron chi connectivity index (χ1n) is 8.49. The Morgan fingerprint density at radius 2 is 1.60 bits per heavy atom. The molecule has 0 spiro atoms. The van der Waals surface area contributed by atoms with E-state index in [1.54, 1.807) is 12.1 Å². The molecule has 9 nitrogen and oxygen atoms in total. The molecule has 0 saturated heterocycles. The highest BCUT2D eigenvalue weighted by Gasteiger charge is 2.18. The third kappa shape index (κ3) is 5.42. The zero-order valence-corrected chi connectivity index (χ0v) is 18.1. The number of carbonyl (C=O) groups is 1. The lowest BCUT2D eigenvalue weighted by atomic mass is 10.2. The molecule has 0 saturated carbocycles. The number of aryl methyl sites for hydroxylation is 1. The Bertz CT molecular complexity index is 1270. The van der Waals surface area contributed by atoms with Crippen LogP contribution in [-0.4, -0.2) is 27.7 Å². The number of amides is 1. The van der Waals surface area contributed by atoms with Gasteiger partial charge in [-0.05, 0) is 36.8 Å². The number of rotatable bonds is 7. The standard InChI is InChI=1S/C18H18N4O5S3/c1-12-2-6-15(7-3-12)30(26,27)22-18-21-16(11-28-18)17(23)20-10-13-4-8-14(9-5-13)29(19,24)25/h2-9,11H,10H2,1H3,(H,20,23)(H,21,22)(H2,19,24,25). The number of anilines is 1. The molecule has 0 atom stereocenters.